The van der Waals surface area contributed by atoms with Crippen molar-refractivity contribution in [2.24, 2.45) is 0 Å². The molecule has 9 nitrogen and oxygen atoms in total. The second-order valence-corrected chi connectivity index (χ2v) is 8.24. The number of aromatic nitrogens is 2. The fraction of sp³-hybridized carbons (Fsp3) is 0.458. The van der Waals surface area contributed by atoms with Gasteiger partial charge >= 0.3 is 0 Å². The second kappa shape index (κ2) is 11.3. The van der Waals surface area contributed by atoms with Crippen molar-refractivity contribution in [3.8, 4) is 5.75 Å². The third-order valence-corrected chi connectivity index (χ3v) is 5.99. The van der Waals surface area contributed by atoms with Gasteiger partial charge in [-0.2, -0.15) is 0 Å². The number of nitrogens with zero attached hydrogens (tertiary/aromatic N) is 3. The highest BCUT2D eigenvalue weighted by Gasteiger charge is 2.30. The fourth-order valence-corrected chi connectivity index (χ4v) is 3.99. The van der Waals surface area contributed by atoms with E-state index in [0.717, 1.165) is 0 Å². The average molecular weight is 474 g/mol. The van der Waals surface area contributed by atoms with Crippen molar-refractivity contribution in [1.29, 1.82) is 0 Å². The van der Waals surface area contributed by atoms with Gasteiger partial charge in [0, 0.05) is 25.8 Å². The lowest BCUT2D eigenvalue weighted by molar-refractivity contribution is 0.0941. The predicted molar refractivity (Wildman–Crippen MR) is 128 cm³/mol. The van der Waals surface area contributed by atoms with Crippen LogP contribution in [0.1, 0.15) is 53.7 Å². The van der Waals surface area contributed by atoms with Crippen LogP contribution in [-0.4, -0.2) is 54.4 Å². The van der Waals surface area contributed by atoms with E-state index in [0.29, 0.717) is 43.1 Å². The summed E-state index contributed by atoms with van der Waals surface area (Å²) in [5.41, 5.74) is 0.274. The van der Waals surface area contributed by atoms with Crippen LogP contribution in [0.2, 0.25) is 0 Å². The molecule has 2 heterocycles. The number of ether oxygens (including phenoxy) is 1. The van der Waals surface area contributed by atoms with E-state index in [2.05, 4.69) is 22.2 Å². The van der Waals surface area contributed by atoms with E-state index in [-0.39, 0.29) is 30.7 Å². The van der Waals surface area contributed by atoms with Gasteiger partial charge in [-0.05, 0) is 37.6 Å². The lowest BCUT2D eigenvalue weighted by Gasteiger charge is -2.23. The third kappa shape index (κ3) is 5.28. The Kier molecular flexibility index (Phi) is 8.41. The summed E-state index contributed by atoms with van der Waals surface area (Å²) < 4.78 is 21.0. The van der Waals surface area contributed by atoms with Crippen LogP contribution < -0.4 is 21.1 Å². The lowest BCUT2D eigenvalue weighted by Crippen LogP contribution is -2.36. The fourth-order valence-electron chi connectivity index (χ4n) is 3.99. The van der Waals surface area contributed by atoms with E-state index in [1.807, 2.05) is 18.9 Å². The maximum atomic E-state index is 13.9. The summed E-state index contributed by atoms with van der Waals surface area (Å²) in [4.78, 5) is 32.3. The lowest BCUT2D eigenvalue weighted by atomic mass is 10.1. The van der Waals surface area contributed by atoms with Crippen molar-refractivity contribution >= 4 is 11.6 Å². The predicted octanol–water partition coefficient (Wildman–Crippen LogP) is 2.27. The molecule has 1 aliphatic heterocycles. The summed E-state index contributed by atoms with van der Waals surface area (Å²) in [5, 5.41) is 16.3. The first-order chi connectivity index (χ1) is 16.3. The summed E-state index contributed by atoms with van der Waals surface area (Å²) in [6.45, 7) is 6.89. The molecule has 0 saturated carbocycles. The zero-order valence-corrected chi connectivity index (χ0v) is 19.8. The Morgan fingerprint density at radius 3 is 2.88 bits per heavy atom. The van der Waals surface area contributed by atoms with Gasteiger partial charge in [-0.3, -0.25) is 14.2 Å². The summed E-state index contributed by atoms with van der Waals surface area (Å²) in [5.74, 6) is -1.46. The number of likely N-dealkylation sites (N-methyl/N-ethyl adjacent to an activating group) is 1. The Balaban J connectivity index is 1.91. The molecule has 34 heavy (non-hydrogen) atoms. The van der Waals surface area contributed by atoms with E-state index in [1.54, 1.807) is 19.2 Å². The molecule has 184 valence electrons. The van der Waals surface area contributed by atoms with Crippen molar-refractivity contribution in [1.82, 2.24) is 20.2 Å². The van der Waals surface area contributed by atoms with Crippen molar-refractivity contribution in [3.05, 3.63) is 64.1 Å². The second-order valence-electron chi connectivity index (χ2n) is 8.24. The molecule has 3 N–H and O–H groups in total. The van der Waals surface area contributed by atoms with Crippen LogP contribution in [0.4, 0.5) is 10.1 Å². The number of hydrogen-bond acceptors (Lipinski definition) is 7. The maximum Gasteiger partial charge on any atom is 0.296 e. The average Bonchev–Trinajstić information content (AvgIpc) is 3.02. The van der Waals surface area contributed by atoms with E-state index < -0.39 is 23.3 Å². The molecule has 2 aromatic rings. The first kappa shape index (κ1) is 25.4. The molecule has 2 atom stereocenters. The minimum atomic E-state index is -0.709. The molecule has 0 spiro atoms. The Bertz CT molecular complexity index is 1100. The maximum absolute atomic E-state index is 13.9. The molecule has 10 heteroatoms. The number of benzene rings is 1. The molecule has 1 aliphatic rings. The SMILES string of the molecule is C=CCCN(C)c1cc(F)ccc1CNC(=O)c1nc2n(c(=O)c1O)C(CC)COCC2NC. The standard InChI is InChI=1S/C24H32FN5O4/c1-5-7-10-29(4)19-11-16(25)9-8-15(19)12-27-23(32)20-21(31)24(33)30-17(6-2)13-34-14-18(26-3)22(30)28-20/h5,8-9,11,17-18,26,31H,1,6-7,10,12-14H2,2-4H3,(H,27,32). The minimum Gasteiger partial charge on any atom is -0.501 e. The van der Waals surface area contributed by atoms with Crippen molar-refractivity contribution < 1.29 is 19.0 Å². The first-order valence-electron chi connectivity index (χ1n) is 11.3. The van der Waals surface area contributed by atoms with Gasteiger partial charge in [-0.1, -0.05) is 19.1 Å². The molecule has 0 fully saturated rings. The summed E-state index contributed by atoms with van der Waals surface area (Å²) in [6, 6.07) is 3.59. The number of fused-ring (bicyclic) bond motifs is 1. The van der Waals surface area contributed by atoms with E-state index in [4.69, 9.17) is 4.74 Å². The number of halogens is 1. The Hall–Kier alpha value is -3.24. The van der Waals surface area contributed by atoms with Gasteiger partial charge in [-0.25, -0.2) is 9.37 Å². The van der Waals surface area contributed by atoms with Gasteiger partial charge in [0.1, 0.15) is 11.6 Å². The molecular weight excluding hydrogens is 441 g/mol. The number of carbonyl (C=O) groups is 1. The number of hydrogen-bond donors (Lipinski definition) is 3. The topological polar surface area (TPSA) is 109 Å². The first-order valence-corrected chi connectivity index (χ1v) is 11.3. The molecule has 3 rings (SSSR count). The molecule has 0 bridgehead atoms. The van der Waals surface area contributed by atoms with Crippen LogP contribution in [0.5, 0.6) is 5.75 Å². The summed E-state index contributed by atoms with van der Waals surface area (Å²) in [6.07, 6.45) is 3.09. The van der Waals surface area contributed by atoms with Crippen molar-refractivity contribution in [2.75, 3.05) is 38.8 Å². The van der Waals surface area contributed by atoms with E-state index in [1.165, 1.54) is 16.7 Å². The van der Waals surface area contributed by atoms with E-state index >= 15 is 0 Å². The molecule has 1 amide bonds. The van der Waals surface area contributed by atoms with E-state index in [9.17, 15) is 19.1 Å². The highest BCUT2D eigenvalue weighted by molar-refractivity contribution is 5.94. The molecule has 2 unspecified atom stereocenters. The molecular formula is C24H32FN5O4. The van der Waals surface area contributed by atoms with Gasteiger partial charge in [0.2, 0.25) is 5.75 Å². The van der Waals surface area contributed by atoms with Crippen LogP contribution >= 0.6 is 0 Å². The number of anilines is 1. The Labute approximate surface area is 198 Å². The smallest absolute Gasteiger partial charge is 0.296 e. The van der Waals surface area contributed by atoms with Crippen LogP contribution in [0, 0.1) is 5.82 Å². The van der Waals surface area contributed by atoms with Crippen LogP contribution in [0.15, 0.2) is 35.6 Å². The largest absolute Gasteiger partial charge is 0.501 e. The molecule has 1 aromatic carbocycles. The Morgan fingerprint density at radius 1 is 1.44 bits per heavy atom. The zero-order valence-electron chi connectivity index (χ0n) is 19.8. The van der Waals surface area contributed by atoms with Gasteiger partial charge in [0.05, 0.1) is 25.3 Å². The highest BCUT2D eigenvalue weighted by atomic mass is 19.1. The zero-order chi connectivity index (χ0) is 24.8. The molecule has 1 aromatic heterocycles. The van der Waals surface area contributed by atoms with Crippen molar-refractivity contribution in [2.45, 2.75) is 38.4 Å². The van der Waals surface area contributed by atoms with Crippen LogP contribution in [-0.2, 0) is 11.3 Å². The quantitative estimate of drug-likeness (QED) is 0.480. The number of carbonyl (C=O) groups excluding carboxylic acids is 1. The van der Waals surface area contributed by atoms with Gasteiger partial charge < -0.3 is 25.4 Å². The number of amides is 1. The number of rotatable bonds is 9. The van der Waals surface area contributed by atoms with Crippen LogP contribution in [0.25, 0.3) is 0 Å². The number of nitrogens with one attached hydrogen (secondary N) is 2. The molecule has 0 aliphatic carbocycles. The normalized spacial score (nSPS) is 17.5. The van der Waals surface area contributed by atoms with Gasteiger partial charge in [0.15, 0.2) is 5.69 Å². The van der Waals surface area contributed by atoms with Gasteiger partial charge in [0.25, 0.3) is 11.5 Å². The number of aromatic hydroxyl groups is 1. The molecule has 0 radical (unpaired) electrons. The Morgan fingerprint density at radius 2 is 2.21 bits per heavy atom. The minimum absolute atomic E-state index is 0.0581. The summed E-state index contributed by atoms with van der Waals surface area (Å²) >= 11 is 0. The highest BCUT2D eigenvalue weighted by Crippen LogP contribution is 2.25. The monoisotopic (exact) mass is 473 g/mol. The van der Waals surface area contributed by atoms with Crippen molar-refractivity contribution in [3.63, 3.8) is 0 Å². The summed E-state index contributed by atoms with van der Waals surface area (Å²) in [7, 11) is 3.54. The van der Waals surface area contributed by atoms with Gasteiger partial charge in [-0.15, -0.1) is 6.58 Å². The molecule has 0 saturated heterocycles. The third-order valence-electron chi connectivity index (χ3n) is 5.99. The van der Waals surface area contributed by atoms with Crippen LogP contribution in [0.3, 0.4) is 0 Å².